The van der Waals surface area contributed by atoms with Gasteiger partial charge in [-0.3, -0.25) is 0 Å². The Morgan fingerprint density at radius 3 is 2.21 bits per heavy atom. The normalized spacial score (nSPS) is 11.6. The van der Waals surface area contributed by atoms with E-state index in [2.05, 4.69) is 36.6 Å². The number of ether oxygens (including phenoxy) is 1. The lowest BCUT2D eigenvalue weighted by atomic mass is 10.3. The van der Waals surface area contributed by atoms with Crippen LogP contribution in [0.25, 0.3) is 0 Å². The van der Waals surface area contributed by atoms with Crippen molar-refractivity contribution in [2.45, 2.75) is 6.36 Å². The van der Waals surface area contributed by atoms with Gasteiger partial charge in [-0.1, -0.05) is 0 Å². The van der Waals surface area contributed by atoms with Gasteiger partial charge in [-0.05, 0) is 44.0 Å². The molecule has 1 rings (SSSR count). The van der Waals surface area contributed by atoms with E-state index < -0.39 is 17.9 Å². The molecule has 0 atom stereocenters. The minimum atomic E-state index is -4.85. The Morgan fingerprint density at radius 1 is 1.14 bits per heavy atom. The van der Waals surface area contributed by atoms with Gasteiger partial charge in [0.15, 0.2) is 5.75 Å². The first kappa shape index (κ1) is 11.8. The molecule has 0 aliphatic rings. The van der Waals surface area contributed by atoms with Crippen LogP contribution in [-0.2, 0) is 0 Å². The summed E-state index contributed by atoms with van der Waals surface area (Å²) >= 11 is 5.47. The first-order chi connectivity index (χ1) is 6.31. The molecule has 0 spiro atoms. The Balaban J connectivity index is 3.13. The molecule has 14 heavy (non-hydrogen) atoms. The second-order valence-electron chi connectivity index (χ2n) is 2.22. The highest BCUT2D eigenvalue weighted by atomic mass is 79.9. The Hall–Kier alpha value is -0.300. The fourth-order valence-electron chi connectivity index (χ4n) is 0.718. The van der Waals surface area contributed by atoms with E-state index in [1.165, 1.54) is 0 Å². The average Bonchev–Trinajstić information content (AvgIpc) is 2.04. The SMILES string of the molecule is Fc1ccc(Br)c(OC(F)(F)F)c1Br. The highest BCUT2D eigenvalue weighted by molar-refractivity contribution is 9.11. The topological polar surface area (TPSA) is 9.23 Å². The lowest BCUT2D eigenvalue weighted by Crippen LogP contribution is -2.18. The van der Waals surface area contributed by atoms with Crippen molar-refractivity contribution in [3.63, 3.8) is 0 Å². The van der Waals surface area contributed by atoms with Crippen LogP contribution in [0.3, 0.4) is 0 Å². The molecule has 1 aromatic rings. The van der Waals surface area contributed by atoms with Gasteiger partial charge in [-0.15, -0.1) is 13.2 Å². The molecule has 0 fully saturated rings. The number of hydrogen-bond donors (Lipinski definition) is 0. The van der Waals surface area contributed by atoms with E-state index in [4.69, 9.17) is 0 Å². The van der Waals surface area contributed by atoms with Gasteiger partial charge in [0.2, 0.25) is 0 Å². The summed E-state index contributed by atoms with van der Waals surface area (Å²) in [5.74, 6) is -1.45. The van der Waals surface area contributed by atoms with Crippen molar-refractivity contribution >= 4 is 31.9 Å². The predicted octanol–water partition coefficient (Wildman–Crippen LogP) is 4.25. The van der Waals surface area contributed by atoms with Crippen molar-refractivity contribution in [3.8, 4) is 5.75 Å². The van der Waals surface area contributed by atoms with Crippen LogP contribution in [0.4, 0.5) is 17.6 Å². The van der Waals surface area contributed by atoms with E-state index in [0.717, 1.165) is 12.1 Å². The second-order valence-corrected chi connectivity index (χ2v) is 3.87. The first-order valence-electron chi connectivity index (χ1n) is 3.20. The van der Waals surface area contributed by atoms with Crippen LogP contribution in [0.2, 0.25) is 0 Å². The van der Waals surface area contributed by atoms with E-state index in [0.29, 0.717) is 0 Å². The van der Waals surface area contributed by atoms with E-state index in [1.807, 2.05) is 0 Å². The van der Waals surface area contributed by atoms with Gasteiger partial charge in [0, 0.05) is 0 Å². The molecular formula is C7H2Br2F4O. The highest BCUT2D eigenvalue weighted by Gasteiger charge is 2.33. The largest absolute Gasteiger partial charge is 0.573 e. The zero-order valence-corrected chi connectivity index (χ0v) is 9.50. The summed E-state index contributed by atoms with van der Waals surface area (Å²) < 4.78 is 51.6. The van der Waals surface area contributed by atoms with Crippen LogP contribution >= 0.6 is 31.9 Å². The van der Waals surface area contributed by atoms with E-state index in [9.17, 15) is 17.6 Å². The highest BCUT2D eigenvalue weighted by Crippen LogP contribution is 2.38. The molecule has 0 radical (unpaired) electrons. The maximum atomic E-state index is 12.8. The summed E-state index contributed by atoms with van der Waals surface area (Å²) in [6, 6.07) is 2.14. The van der Waals surface area contributed by atoms with Gasteiger partial charge >= 0.3 is 6.36 Å². The van der Waals surface area contributed by atoms with Gasteiger partial charge in [0.05, 0.1) is 8.95 Å². The molecule has 0 N–H and O–H groups in total. The minimum Gasteiger partial charge on any atom is -0.403 e. The minimum absolute atomic E-state index is 0.0168. The Morgan fingerprint density at radius 2 is 1.71 bits per heavy atom. The maximum absolute atomic E-state index is 12.8. The first-order valence-corrected chi connectivity index (χ1v) is 4.79. The number of rotatable bonds is 1. The summed E-state index contributed by atoms with van der Waals surface area (Å²) in [5, 5.41) is 0. The van der Waals surface area contributed by atoms with Crippen LogP contribution in [0.1, 0.15) is 0 Å². The van der Waals surface area contributed by atoms with Crippen LogP contribution in [0.5, 0.6) is 5.75 Å². The lowest BCUT2D eigenvalue weighted by molar-refractivity contribution is -0.275. The molecule has 78 valence electrons. The fourth-order valence-corrected chi connectivity index (χ4v) is 1.82. The van der Waals surface area contributed by atoms with Crippen molar-refractivity contribution in [1.82, 2.24) is 0 Å². The van der Waals surface area contributed by atoms with Gasteiger partial charge in [0.25, 0.3) is 0 Å². The van der Waals surface area contributed by atoms with Crippen molar-refractivity contribution in [2.75, 3.05) is 0 Å². The Bertz CT molecular complexity index is 350. The number of alkyl halides is 3. The fraction of sp³-hybridized carbons (Fsp3) is 0.143. The van der Waals surface area contributed by atoms with E-state index >= 15 is 0 Å². The van der Waals surface area contributed by atoms with Crippen LogP contribution in [0.15, 0.2) is 21.1 Å². The molecule has 0 aliphatic carbocycles. The van der Waals surface area contributed by atoms with E-state index in [1.54, 1.807) is 0 Å². The number of hydrogen-bond acceptors (Lipinski definition) is 1. The molecule has 0 heterocycles. The lowest BCUT2D eigenvalue weighted by Gasteiger charge is -2.12. The third-order valence-corrected chi connectivity index (χ3v) is 2.58. The van der Waals surface area contributed by atoms with Gasteiger partial charge < -0.3 is 4.74 Å². The summed E-state index contributed by atoms with van der Waals surface area (Å²) in [6.45, 7) is 0. The zero-order valence-electron chi connectivity index (χ0n) is 6.33. The molecule has 7 heteroatoms. The maximum Gasteiger partial charge on any atom is 0.573 e. The van der Waals surface area contributed by atoms with Crippen LogP contribution < -0.4 is 4.74 Å². The molecule has 0 saturated heterocycles. The van der Waals surface area contributed by atoms with E-state index in [-0.39, 0.29) is 8.95 Å². The molecular weight excluding hydrogens is 336 g/mol. The molecule has 0 aromatic heterocycles. The van der Waals surface area contributed by atoms with Gasteiger partial charge in [0.1, 0.15) is 5.82 Å². The Labute approximate surface area is 93.3 Å². The van der Waals surface area contributed by atoms with Gasteiger partial charge in [-0.25, -0.2) is 4.39 Å². The summed E-state index contributed by atoms with van der Waals surface area (Å²) in [4.78, 5) is 0. The molecule has 0 bridgehead atoms. The monoisotopic (exact) mass is 336 g/mol. The summed E-state index contributed by atoms with van der Waals surface area (Å²) in [5.41, 5.74) is 0. The van der Waals surface area contributed by atoms with Gasteiger partial charge in [-0.2, -0.15) is 0 Å². The van der Waals surface area contributed by atoms with Crippen LogP contribution in [-0.4, -0.2) is 6.36 Å². The quantitative estimate of drug-likeness (QED) is 0.550. The third-order valence-electron chi connectivity index (χ3n) is 1.22. The molecule has 0 saturated carbocycles. The van der Waals surface area contributed by atoms with Crippen molar-refractivity contribution in [2.24, 2.45) is 0 Å². The summed E-state index contributed by atoms with van der Waals surface area (Å²) in [7, 11) is 0. The third kappa shape index (κ3) is 2.84. The number of benzene rings is 1. The average molecular weight is 338 g/mol. The molecule has 0 amide bonds. The molecule has 0 unspecified atom stereocenters. The standard InChI is InChI=1S/C7H2Br2F4O/c8-3-1-2-4(10)5(9)6(3)14-7(11,12)13/h1-2H. The predicted molar refractivity (Wildman–Crippen MR) is 48.5 cm³/mol. The molecule has 0 aliphatic heterocycles. The van der Waals surface area contributed by atoms with Crippen molar-refractivity contribution in [3.05, 3.63) is 26.9 Å². The van der Waals surface area contributed by atoms with Crippen molar-refractivity contribution < 1.29 is 22.3 Å². The Kier molecular flexibility index (Phi) is 3.41. The molecule has 1 nitrogen and oxygen atoms in total. The smallest absolute Gasteiger partial charge is 0.403 e. The van der Waals surface area contributed by atoms with Crippen LogP contribution in [0, 0.1) is 5.82 Å². The number of halogens is 6. The summed E-state index contributed by atoms with van der Waals surface area (Å²) in [6.07, 6.45) is -4.85. The zero-order chi connectivity index (χ0) is 10.9. The molecule has 1 aromatic carbocycles. The second kappa shape index (κ2) is 4.06. The van der Waals surface area contributed by atoms with Crippen molar-refractivity contribution in [1.29, 1.82) is 0 Å².